The normalized spacial score (nSPS) is 21.2. The van der Waals surface area contributed by atoms with E-state index in [4.69, 9.17) is 9.26 Å². The van der Waals surface area contributed by atoms with E-state index in [-0.39, 0.29) is 29.8 Å². The van der Waals surface area contributed by atoms with Crippen LogP contribution in [0.3, 0.4) is 0 Å². The smallest absolute Gasteiger partial charge is 0.278 e. The number of hydrogen-bond acceptors (Lipinski definition) is 6. The molecule has 174 valence electrons. The maximum atomic E-state index is 15.6. The molecule has 7 nitrogen and oxygen atoms in total. The molecule has 3 aliphatic heterocycles. The summed E-state index contributed by atoms with van der Waals surface area (Å²) in [6.07, 6.45) is 1.07. The Morgan fingerprint density at radius 1 is 1.12 bits per heavy atom. The topological polar surface area (TPSA) is 64.0 Å². The lowest BCUT2D eigenvalue weighted by molar-refractivity contribution is -0.0197. The number of carbonyl (C=O) groups is 1. The van der Waals surface area contributed by atoms with Gasteiger partial charge in [-0.2, -0.15) is 0 Å². The van der Waals surface area contributed by atoms with Gasteiger partial charge in [-0.1, -0.05) is 30.3 Å². The zero-order valence-electron chi connectivity index (χ0n) is 18.0. The highest BCUT2D eigenvalue weighted by Crippen LogP contribution is 2.45. The molecule has 4 heterocycles. The number of fused-ring (bicyclic) bond motifs is 4. The fourth-order valence-electron chi connectivity index (χ4n) is 5.07. The summed E-state index contributed by atoms with van der Waals surface area (Å²) in [6, 6.07) is 13.9. The van der Waals surface area contributed by atoms with Crippen LogP contribution < -0.4 is 15.0 Å². The molecule has 3 aromatic rings. The molecule has 1 saturated heterocycles. The quantitative estimate of drug-likeness (QED) is 0.507. The monoisotopic (exact) mass is 497 g/mol. The van der Waals surface area contributed by atoms with Gasteiger partial charge in [0.05, 0.1) is 22.7 Å². The number of hydrogen-bond donors (Lipinski definition) is 0. The first kappa shape index (κ1) is 21.6. The summed E-state index contributed by atoms with van der Waals surface area (Å²) in [4.78, 5) is 28.9. The van der Waals surface area contributed by atoms with Gasteiger partial charge in [0.25, 0.3) is 5.91 Å². The van der Waals surface area contributed by atoms with Crippen molar-refractivity contribution in [1.29, 1.82) is 0 Å². The Bertz CT molecular complexity index is 1370. The van der Waals surface area contributed by atoms with Gasteiger partial charge < -0.3 is 14.2 Å². The van der Waals surface area contributed by atoms with Crippen molar-refractivity contribution in [2.75, 3.05) is 24.8 Å². The molecular formula is C24H21FN3O4PS. The van der Waals surface area contributed by atoms with Gasteiger partial charge in [-0.15, -0.1) is 11.8 Å². The lowest BCUT2D eigenvalue weighted by Gasteiger charge is -2.51. The van der Waals surface area contributed by atoms with Gasteiger partial charge in [0.15, 0.2) is 5.69 Å². The van der Waals surface area contributed by atoms with Crippen molar-refractivity contribution in [3.63, 3.8) is 0 Å². The first-order chi connectivity index (χ1) is 16.6. The average Bonchev–Trinajstić information content (AvgIpc) is 3.03. The predicted molar refractivity (Wildman–Crippen MR) is 129 cm³/mol. The number of nitrogens with zero attached hydrogens (tertiary/aromatic N) is 3. The van der Waals surface area contributed by atoms with Crippen molar-refractivity contribution in [3.8, 4) is 5.75 Å². The molecule has 0 N–H and O–H groups in total. The highest BCUT2D eigenvalue weighted by Gasteiger charge is 2.46. The Kier molecular flexibility index (Phi) is 5.36. The van der Waals surface area contributed by atoms with E-state index in [1.807, 2.05) is 35.3 Å². The van der Waals surface area contributed by atoms with Crippen molar-refractivity contribution in [2.45, 2.75) is 22.9 Å². The zero-order valence-corrected chi connectivity index (χ0v) is 20.0. The number of morpholine rings is 1. The number of benzene rings is 2. The molecule has 2 aromatic carbocycles. The van der Waals surface area contributed by atoms with E-state index < -0.39 is 17.6 Å². The fourth-order valence-corrected chi connectivity index (χ4v) is 6.38. The molecule has 0 radical (unpaired) electrons. The van der Waals surface area contributed by atoms with Crippen molar-refractivity contribution in [2.24, 2.45) is 0 Å². The summed E-state index contributed by atoms with van der Waals surface area (Å²) >= 11 is 1.66. The molecule has 10 heteroatoms. The molecule has 1 unspecified atom stereocenters. The van der Waals surface area contributed by atoms with Gasteiger partial charge in [0.2, 0.25) is 11.2 Å². The van der Waals surface area contributed by atoms with Gasteiger partial charge in [0, 0.05) is 35.0 Å². The summed E-state index contributed by atoms with van der Waals surface area (Å²) in [5.41, 5.74) is 2.08. The largest absolute Gasteiger partial charge is 0.474 e. The van der Waals surface area contributed by atoms with Crippen molar-refractivity contribution in [1.82, 2.24) is 9.58 Å². The van der Waals surface area contributed by atoms with Gasteiger partial charge in [-0.3, -0.25) is 19.3 Å². The second-order valence-electron chi connectivity index (χ2n) is 8.30. The van der Waals surface area contributed by atoms with E-state index in [2.05, 4.69) is 9.47 Å². The SMILES string of the molecule is O=C1c2c(OP)c(=O)ccn2N([C@@H]2c3ccccc3SCc3cccc(F)c32)[C@@H]2COCCN12. The first-order valence-electron chi connectivity index (χ1n) is 10.9. The number of rotatable bonds is 2. The highest BCUT2D eigenvalue weighted by molar-refractivity contribution is 7.98. The molecule has 0 aliphatic carbocycles. The average molecular weight is 497 g/mol. The molecule has 3 aliphatic rings. The molecule has 0 spiro atoms. The third kappa shape index (κ3) is 3.18. The maximum Gasteiger partial charge on any atom is 0.278 e. The lowest BCUT2D eigenvalue weighted by atomic mass is 9.93. The van der Waals surface area contributed by atoms with Crippen molar-refractivity contribution >= 4 is 27.1 Å². The van der Waals surface area contributed by atoms with E-state index >= 15 is 4.39 Å². The second kappa shape index (κ2) is 8.41. The van der Waals surface area contributed by atoms with Crippen LogP contribution in [-0.2, 0) is 10.5 Å². The van der Waals surface area contributed by atoms with Gasteiger partial charge in [-0.05, 0) is 23.3 Å². The molecule has 6 rings (SSSR count). The summed E-state index contributed by atoms with van der Waals surface area (Å²) in [5.74, 6) is -0.0674. The summed E-state index contributed by atoms with van der Waals surface area (Å²) < 4.78 is 28.4. The van der Waals surface area contributed by atoms with Crippen LogP contribution in [0.2, 0.25) is 0 Å². The molecule has 1 fully saturated rings. The van der Waals surface area contributed by atoms with E-state index in [9.17, 15) is 9.59 Å². The van der Waals surface area contributed by atoms with E-state index in [1.165, 1.54) is 12.1 Å². The molecule has 0 saturated carbocycles. The minimum atomic E-state index is -0.566. The standard InChI is InChI=1S/C24H21FN3O4PS/c25-16-6-3-4-14-13-34-18-7-2-1-5-15(18)21(20(14)16)28-19-12-31-11-10-26(19)24(30)22-23(32-33)17(29)8-9-27(22)28/h1-9,19,21H,10-13,33H2/t19-,21-/m1/s1. The Morgan fingerprint density at radius 3 is 2.82 bits per heavy atom. The van der Waals surface area contributed by atoms with Gasteiger partial charge in [0.1, 0.15) is 18.0 Å². The minimum absolute atomic E-state index is 0.0579. The third-order valence-corrected chi connectivity index (χ3v) is 7.93. The van der Waals surface area contributed by atoms with Gasteiger partial charge >= 0.3 is 0 Å². The molecular weight excluding hydrogens is 476 g/mol. The Hall–Kier alpha value is -2.87. The number of halogens is 1. The van der Waals surface area contributed by atoms with Crippen LogP contribution in [0.15, 0.2) is 64.4 Å². The lowest BCUT2D eigenvalue weighted by Crippen LogP contribution is -2.66. The number of carbonyl (C=O) groups excluding carboxylic acids is 1. The predicted octanol–water partition coefficient (Wildman–Crippen LogP) is 3.30. The number of pyridine rings is 1. The number of ether oxygens (including phenoxy) is 1. The van der Waals surface area contributed by atoms with Crippen molar-refractivity contribution < 1.29 is 18.4 Å². The van der Waals surface area contributed by atoms with E-state index in [0.29, 0.717) is 24.5 Å². The minimum Gasteiger partial charge on any atom is -0.474 e. The van der Waals surface area contributed by atoms with Crippen LogP contribution >= 0.6 is 21.2 Å². The fraction of sp³-hybridized carbons (Fsp3) is 0.250. The molecule has 34 heavy (non-hydrogen) atoms. The molecule has 1 aromatic heterocycles. The van der Waals surface area contributed by atoms with Crippen LogP contribution in [0.5, 0.6) is 5.75 Å². The first-order valence-corrected chi connectivity index (χ1v) is 12.3. The van der Waals surface area contributed by atoms with E-state index in [0.717, 1.165) is 16.0 Å². The third-order valence-electron chi connectivity index (χ3n) is 6.55. The summed E-state index contributed by atoms with van der Waals surface area (Å²) in [5, 5.41) is 1.95. The zero-order chi connectivity index (χ0) is 23.4. The van der Waals surface area contributed by atoms with Crippen LogP contribution in [0.25, 0.3) is 0 Å². The summed E-state index contributed by atoms with van der Waals surface area (Å²) in [6.45, 7) is 0.989. The number of thioether (sulfide) groups is 1. The van der Waals surface area contributed by atoms with Gasteiger partial charge in [-0.25, -0.2) is 4.39 Å². The molecule has 1 amide bonds. The maximum absolute atomic E-state index is 15.6. The highest BCUT2D eigenvalue weighted by atomic mass is 32.2. The number of aromatic nitrogens is 1. The van der Waals surface area contributed by atoms with Crippen LogP contribution in [0.1, 0.15) is 33.2 Å². The Balaban J connectivity index is 1.68. The van der Waals surface area contributed by atoms with Crippen molar-refractivity contribution in [3.05, 3.63) is 93.2 Å². The van der Waals surface area contributed by atoms with Crippen LogP contribution in [0.4, 0.5) is 4.39 Å². The molecule has 0 bridgehead atoms. The Labute approximate surface area is 201 Å². The van der Waals surface area contributed by atoms with Crippen LogP contribution in [0, 0.1) is 5.82 Å². The number of amides is 1. The second-order valence-corrected chi connectivity index (χ2v) is 9.55. The summed E-state index contributed by atoms with van der Waals surface area (Å²) in [7, 11) is 2.06. The van der Waals surface area contributed by atoms with Crippen LogP contribution in [-0.4, -0.2) is 41.4 Å². The Morgan fingerprint density at radius 2 is 1.97 bits per heavy atom. The van der Waals surface area contributed by atoms with E-state index in [1.54, 1.807) is 33.6 Å². The molecule has 3 atom stereocenters.